The van der Waals surface area contributed by atoms with Gasteiger partial charge in [-0.25, -0.2) is 4.67 Å². The van der Waals surface area contributed by atoms with E-state index in [1.807, 2.05) is 0 Å². The highest BCUT2D eigenvalue weighted by Crippen LogP contribution is 2.75. The van der Waals surface area contributed by atoms with Gasteiger partial charge in [-0.3, -0.25) is 0 Å². The third kappa shape index (κ3) is 3.46. The molecule has 2 aromatic carbocycles. The van der Waals surface area contributed by atoms with Gasteiger partial charge >= 0.3 is 0 Å². The Morgan fingerprint density at radius 3 is 2.11 bits per heavy atom. The van der Waals surface area contributed by atoms with E-state index in [1.54, 1.807) is 0 Å². The Labute approximate surface area is 164 Å². The van der Waals surface area contributed by atoms with Gasteiger partial charge in [0, 0.05) is 18.4 Å². The first-order valence-electron chi connectivity index (χ1n) is 10.3. The molecule has 0 amide bonds. The van der Waals surface area contributed by atoms with Gasteiger partial charge in [0.1, 0.15) is 0 Å². The Hall–Kier alpha value is -1.63. The molecule has 144 valence electrons. The molecule has 0 unspecified atom stereocenters. The van der Waals surface area contributed by atoms with Crippen LogP contribution in [0.5, 0.6) is 0 Å². The van der Waals surface area contributed by atoms with Crippen molar-refractivity contribution >= 4 is 12.6 Å². The molecule has 0 fully saturated rings. The van der Waals surface area contributed by atoms with Gasteiger partial charge in [0.25, 0.3) is 0 Å². The Bertz CT molecular complexity index is 866. The molecule has 2 atom stereocenters. The van der Waals surface area contributed by atoms with Crippen molar-refractivity contribution in [3.63, 3.8) is 0 Å². The summed E-state index contributed by atoms with van der Waals surface area (Å²) in [7, 11) is -2.73. The van der Waals surface area contributed by atoms with Gasteiger partial charge in [0.15, 0.2) is 7.29 Å². The van der Waals surface area contributed by atoms with Crippen LogP contribution in [-0.4, -0.2) is 17.8 Å². The minimum atomic E-state index is -2.73. The van der Waals surface area contributed by atoms with Crippen molar-refractivity contribution in [3.8, 4) is 0 Å². The largest absolute Gasteiger partial charge is 0.301 e. The van der Waals surface area contributed by atoms with Crippen molar-refractivity contribution in [2.24, 2.45) is 0 Å². The van der Waals surface area contributed by atoms with Crippen molar-refractivity contribution in [1.82, 2.24) is 4.67 Å². The SMILES string of the molecule is CCc1ccccc1C1=CC[C@H](c2ccccc2CC)[P@]1(=O)N(CC)CC. The maximum Gasteiger partial charge on any atom is 0.186 e. The van der Waals surface area contributed by atoms with E-state index in [0.717, 1.165) is 37.7 Å². The third-order valence-corrected chi connectivity index (χ3v) is 9.78. The molecular formula is C24H32NOP. The zero-order chi connectivity index (χ0) is 19.4. The molecule has 0 aliphatic carbocycles. The molecule has 1 heterocycles. The molecule has 0 radical (unpaired) electrons. The highest BCUT2D eigenvalue weighted by Gasteiger charge is 2.46. The van der Waals surface area contributed by atoms with Gasteiger partial charge < -0.3 is 4.57 Å². The monoisotopic (exact) mass is 381 g/mol. The summed E-state index contributed by atoms with van der Waals surface area (Å²) in [6, 6.07) is 17.1. The zero-order valence-corrected chi connectivity index (χ0v) is 18.0. The molecule has 1 aliphatic rings. The van der Waals surface area contributed by atoms with Crippen LogP contribution in [0.15, 0.2) is 54.6 Å². The highest BCUT2D eigenvalue weighted by atomic mass is 31.2. The predicted octanol–water partition coefficient (Wildman–Crippen LogP) is 6.92. The number of allylic oxidation sites excluding steroid dienone is 1. The first kappa shape index (κ1) is 20.1. The van der Waals surface area contributed by atoms with Crippen molar-refractivity contribution in [2.75, 3.05) is 13.1 Å². The molecule has 3 rings (SSSR count). The second kappa shape index (κ2) is 8.59. The molecule has 1 aliphatic heterocycles. The highest BCUT2D eigenvalue weighted by molar-refractivity contribution is 7.72. The summed E-state index contributed by atoms with van der Waals surface area (Å²) in [6.07, 6.45) is 5.07. The zero-order valence-electron chi connectivity index (χ0n) is 17.1. The van der Waals surface area contributed by atoms with Gasteiger partial charge in [-0.1, -0.05) is 82.3 Å². The fourth-order valence-corrected chi connectivity index (χ4v) is 8.34. The van der Waals surface area contributed by atoms with E-state index in [0.29, 0.717) is 0 Å². The van der Waals surface area contributed by atoms with Crippen molar-refractivity contribution < 1.29 is 4.57 Å². The van der Waals surface area contributed by atoms with E-state index in [-0.39, 0.29) is 5.66 Å². The lowest BCUT2D eigenvalue weighted by molar-refractivity contribution is 0.444. The van der Waals surface area contributed by atoms with E-state index in [4.69, 9.17) is 0 Å². The van der Waals surface area contributed by atoms with Gasteiger partial charge in [0.2, 0.25) is 0 Å². The molecule has 0 bridgehead atoms. The fourth-order valence-electron chi connectivity index (χ4n) is 4.52. The standard InChI is InChI=1S/C24H32NOP/c1-5-19-13-9-11-15-21(19)23-17-18-24(27(23,26)25(7-3)8-4)22-16-12-10-14-20(22)6-2/h9-17,24H,5-8,18H2,1-4H3/t24-,27+/m1/s1. The Balaban J connectivity index is 2.18. The van der Waals surface area contributed by atoms with Crippen molar-refractivity contribution in [1.29, 1.82) is 0 Å². The normalized spacial score (nSPS) is 22.3. The van der Waals surface area contributed by atoms with Crippen LogP contribution in [0.2, 0.25) is 0 Å². The summed E-state index contributed by atoms with van der Waals surface area (Å²) in [4.78, 5) is 0. The number of nitrogens with zero attached hydrogens (tertiary/aromatic N) is 1. The quantitative estimate of drug-likeness (QED) is 0.485. The first-order chi connectivity index (χ1) is 13.1. The minimum absolute atomic E-state index is 0.0634. The van der Waals surface area contributed by atoms with Gasteiger partial charge in [-0.2, -0.15) is 0 Å². The molecule has 2 aromatic rings. The second-order valence-electron chi connectivity index (χ2n) is 7.17. The van der Waals surface area contributed by atoms with Crippen molar-refractivity contribution in [2.45, 2.75) is 52.6 Å². The smallest absolute Gasteiger partial charge is 0.186 e. The van der Waals surface area contributed by atoms with E-state index in [1.165, 1.54) is 22.3 Å². The summed E-state index contributed by atoms with van der Waals surface area (Å²) in [5.41, 5.74) is 5.14. The molecule has 2 nitrogen and oxygen atoms in total. The van der Waals surface area contributed by atoms with Crippen LogP contribution in [0.4, 0.5) is 0 Å². The number of aryl methyl sites for hydroxylation is 2. The number of hydrogen-bond acceptors (Lipinski definition) is 1. The fraction of sp³-hybridized carbons (Fsp3) is 0.417. The van der Waals surface area contributed by atoms with Crippen LogP contribution in [0.3, 0.4) is 0 Å². The molecule has 0 aromatic heterocycles. The molecule has 0 saturated heterocycles. The van der Waals surface area contributed by atoms with Gasteiger partial charge in [-0.05, 0) is 41.5 Å². The lowest BCUT2D eigenvalue weighted by atomic mass is 10.00. The number of rotatable bonds is 7. The maximum atomic E-state index is 14.8. The van der Waals surface area contributed by atoms with Crippen LogP contribution in [0, 0.1) is 0 Å². The Morgan fingerprint density at radius 2 is 1.48 bits per heavy atom. The van der Waals surface area contributed by atoms with Crippen LogP contribution < -0.4 is 0 Å². The van der Waals surface area contributed by atoms with Crippen LogP contribution in [0.1, 0.15) is 62.0 Å². The van der Waals surface area contributed by atoms with Crippen LogP contribution >= 0.6 is 7.29 Å². The third-order valence-electron chi connectivity index (χ3n) is 5.92. The van der Waals surface area contributed by atoms with Crippen molar-refractivity contribution in [3.05, 3.63) is 76.9 Å². The molecule has 0 spiro atoms. The van der Waals surface area contributed by atoms with Crippen LogP contribution in [0.25, 0.3) is 5.31 Å². The summed E-state index contributed by atoms with van der Waals surface area (Å²) < 4.78 is 17.1. The topological polar surface area (TPSA) is 20.3 Å². The molecule has 0 N–H and O–H groups in total. The van der Waals surface area contributed by atoms with Crippen LogP contribution in [-0.2, 0) is 17.4 Å². The predicted molar refractivity (Wildman–Crippen MR) is 118 cm³/mol. The average Bonchev–Trinajstić information content (AvgIpc) is 3.06. The van der Waals surface area contributed by atoms with Gasteiger partial charge in [-0.15, -0.1) is 0 Å². The van der Waals surface area contributed by atoms with Gasteiger partial charge in [0.05, 0.1) is 5.66 Å². The molecule has 27 heavy (non-hydrogen) atoms. The summed E-state index contributed by atoms with van der Waals surface area (Å²) >= 11 is 0. The molecular weight excluding hydrogens is 349 g/mol. The molecule has 0 saturated carbocycles. The lowest BCUT2D eigenvalue weighted by Crippen LogP contribution is -2.22. The maximum absolute atomic E-state index is 14.8. The first-order valence-corrected chi connectivity index (χ1v) is 12.1. The summed E-state index contributed by atoms with van der Waals surface area (Å²) in [6.45, 7) is 10.3. The van der Waals surface area contributed by atoms with E-state index in [2.05, 4.69) is 87.0 Å². The average molecular weight is 382 g/mol. The summed E-state index contributed by atoms with van der Waals surface area (Å²) in [5, 5.41) is 1.08. The van der Waals surface area contributed by atoms with E-state index < -0.39 is 7.29 Å². The second-order valence-corrected chi connectivity index (χ2v) is 10.1. The minimum Gasteiger partial charge on any atom is -0.301 e. The Kier molecular flexibility index (Phi) is 6.40. The van der Waals surface area contributed by atoms with E-state index in [9.17, 15) is 4.57 Å². The van der Waals surface area contributed by atoms with E-state index >= 15 is 0 Å². The summed E-state index contributed by atoms with van der Waals surface area (Å²) in [5.74, 6) is 0. The number of hydrogen-bond donors (Lipinski definition) is 0. The lowest BCUT2D eigenvalue weighted by Gasteiger charge is -2.35. The Morgan fingerprint density at radius 1 is 0.889 bits per heavy atom. The number of benzene rings is 2. The molecule has 3 heteroatoms.